The van der Waals surface area contributed by atoms with E-state index >= 15 is 0 Å². The van der Waals surface area contributed by atoms with E-state index in [0.717, 1.165) is 32.2 Å². The first kappa shape index (κ1) is 21.1. The van der Waals surface area contributed by atoms with Gasteiger partial charge in [-0.25, -0.2) is 8.42 Å². The molecule has 1 aromatic carbocycles. The molecule has 0 aromatic heterocycles. The van der Waals surface area contributed by atoms with Crippen molar-refractivity contribution in [1.29, 1.82) is 0 Å². The monoisotopic (exact) mass is 438 g/mol. The summed E-state index contributed by atoms with van der Waals surface area (Å²) in [6.45, 7) is 3.31. The van der Waals surface area contributed by atoms with Crippen molar-refractivity contribution in [3.05, 3.63) is 28.8 Å². The van der Waals surface area contributed by atoms with Crippen molar-refractivity contribution in [2.24, 2.45) is 11.8 Å². The SMILES string of the molecule is Cc1c(Cl)cccc1S(=O)(=O)N1CCC[C@H](C(=O)N2CCCC3CCCCC32)C1. The zero-order valence-electron chi connectivity index (χ0n) is 17.1. The molecule has 1 aromatic rings. The molecule has 0 bridgehead atoms. The van der Waals surface area contributed by atoms with Gasteiger partial charge in [0.15, 0.2) is 0 Å². The van der Waals surface area contributed by atoms with Gasteiger partial charge in [0.1, 0.15) is 0 Å². The number of piperidine rings is 2. The molecule has 4 rings (SSSR count). The topological polar surface area (TPSA) is 57.7 Å². The molecule has 1 saturated carbocycles. The molecular weight excluding hydrogens is 408 g/mol. The summed E-state index contributed by atoms with van der Waals surface area (Å²) in [5.74, 6) is 0.571. The molecule has 29 heavy (non-hydrogen) atoms. The summed E-state index contributed by atoms with van der Waals surface area (Å²) in [7, 11) is -3.66. The molecule has 7 heteroatoms. The van der Waals surface area contributed by atoms with Crippen LogP contribution < -0.4 is 0 Å². The first-order valence-corrected chi connectivity index (χ1v) is 12.8. The number of nitrogens with zero attached hydrogens (tertiary/aromatic N) is 2. The number of likely N-dealkylation sites (tertiary alicyclic amines) is 1. The Morgan fingerprint density at radius 3 is 2.59 bits per heavy atom. The van der Waals surface area contributed by atoms with Gasteiger partial charge < -0.3 is 4.90 Å². The Hall–Kier alpha value is -1.11. The Balaban J connectivity index is 1.52. The lowest BCUT2D eigenvalue weighted by atomic mass is 9.77. The molecule has 2 saturated heterocycles. The number of amides is 1. The van der Waals surface area contributed by atoms with Gasteiger partial charge in [-0.15, -0.1) is 0 Å². The van der Waals surface area contributed by atoms with Crippen molar-refractivity contribution in [2.45, 2.75) is 69.2 Å². The van der Waals surface area contributed by atoms with E-state index in [1.165, 1.54) is 30.0 Å². The number of rotatable bonds is 3. The number of carbonyl (C=O) groups excluding carboxylic acids is 1. The fraction of sp³-hybridized carbons (Fsp3) is 0.682. The van der Waals surface area contributed by atoms with Crippen molar-refractivity contribution in [3.8, 4) is 0 Å². The molecule has 0 N–H and O–H groups in total. The Morgan fingerprint density at radius 2 is 1.76 bits per heavy atom. The number of fused-ring (bicyclic) bond motifs is 1. The van der Waals surface area contributed by atoms with Crippen LogP contribution in [0, 0.1) is 18.8 Å². The predicted octanol–water partition coefficient (Wildman–Crippen LogP) is 4.23. The summed E-state index contributed by atoms with van der Waals surface area (Å²) in [6, 6.07) is 5.35. The van der Waals surface area contributed by atoms with Gasteiger partial charge in [0.05, 0.1) is 10.8 Å². The number of carbonyl (C=O) groups is 1. The van der Waals surface area contributed by atoms with E-state index in [4.69, 9.17) is 11.6 Å². The standard InChI is InChI=1S/C22H31ClN2O3S/c1-16-19(23)10-4-12-21(16)29(27,28)24-13-5-9-18(15-24)22(26)25-14-6-8-17-7-2-3-11-20(17)25/h4,10,12,17-18,20H,2-3,5-9,11,13-15H2,1H3/t17?,18-,20?/m0/s1. The highest BCUT2D eigenvalue weighted by atomic mass is 35.5. The quantitative estimate of drug-likeness (QED) is 0.709. The van der Waals surface area contributed by atoms with Gasteiger partial charge >= 0.3 is 0 Å². The second kappa shape index (κ2) is 8.56. The van der Waals surface area contributed by atoms with Crippen LogP contribution in [0.15, 0.2) is 23.1 Å². The van der Waals surface area contributed by atoms with Gasteiger partial charge in [0.2, 0.25) is 15.9 Å². The van der Waals surface area contributed by atoms with Crippen LogP contribution in [0.4, 0.5) is 0 Å². The second-order valence-corrected chi connectivity index (χ2v) is 11.2. The largest absolute Gasteiger partial charge is 0.339 e. The molecule has 2 unspecified atom stereocenters. The molecule has 5 nitrogen and oxygen atoms in total. The Kier molecular flexibility index (Phi) is 6.24. The van der Waals surface area contributed by atoms with E-state index in [2.05, 4.69) is 4.90 Å². The van der Waals surface area contributed by atoms with Gasteiger partial charge in [-0.05, 0) is 69.1 Å². The maximum absolute atomic E-state index is 13.4. The maximum Gasteiger partial charge on any atom is 0.243 e. The lowest BCUT2D eigenvalue weighted by Gasteiger charge is -2.46. The zero-order valence-corrected chi connectivity index (χ0v) is 18.7. The van der Waals surface area contributed by atoms with Crippen LogP contribution in [0.3, 0.4) is 0 Å². The average molecular weight is 439 g/mol. The van der Waals surface area contributed by atoms with Gasteiger partial charge in [-0.1, -0.05) is 30.5 Å². The van der Waals surface area contributed by atoms with Crippen molar-refractivity contribution < 1.29 is 13.2 Å². The third-order valence-corrected chi connectivity index (χ3v) is 9.51. The number of hydrogen-bond donors (Lipinski definition) is 0. The molecule has 0 spiro atoms. The van der Waals surface area contributed by atoms with Gasteiger partial charge in [-0.2, -0.15) is 4.31 Å². The van der Waals surface area contributed by atoms with Crippen LogP contribution in [0.2, 0.25) is 5.02 Å². The van der Waals surface area contributed by atoms with Crippen LogP contribution in [0.1, 0.15) is 56.9 Å². The highest BCUT2D eigenvalue weighted by Gasteiger charge is 2.40. The van der Waals surface area contributed by atoms with E-state index < -0.39 is 10.0 Å². The molecule has 2 aliphatic heterocycles. The third-order valence-electron chi connectivity index (χ3n) is 7.10. The number of benzene rings is 1. The number of hydrogen-bond acceptors (Lipinski definition) is 3. The fourth-order valence-electron chi connectivity index (χ4n) is 5.50. The molecule has 160 valence electrons. The zero-order chi connectivity index (χ0) is 20.6. The lowest BCUT2D eigenvalue weighted by molar-refractivity contribution is -0.143. The van der Waals surface area contributed by atoms with Crippen LogP contribution in [-0.4, -0.2) is 49.2 Å². The molecule has 2 heterocycles. The summed E-state index contributed by atoms with van der Waals surface area (Å²) < 4.78 is 28.1. The van der Waals surface area contributed by atoms with Crippen molar-refractivity contribution in [3.63, 3.8) is 0 Å². The Bertz CT molecular complexity index is 871. The minimum Gasteiger partial charge on any atom is -0.339 e. The van der Waals surface area contributed by atoms with Crippen LogP contribution in [0.5, 0.6) is 0 Å². The van der Waals surface area contributed by atoms with Crippen molar-refractivity contribution >= 4 is 27.5 Å². The number of halogens is 1. The summed E-state index contributed by atoms with van der Waals surface area (Å²) in [6.07, 6.45) is 8.60. The second-order valence-electron chi connectivity index (χ2n) is 8.85. The van der Waals surface area contributed by atoms with Crippen LogP contribution in [-0.2, 0) is 14.8 Å². The van der Waals surface area contributed by atoms with E-state index in [-0.39, 0.29) is 23.3 Å². The molecule has 0 radical (unpaired) electrons. The van der Waals surface area contributed by atoms with Crippen molar-refractivity contribution in [1.82, 2.24) is 9.21 Å². The Labute approximate surface area is 179 Å². The highest BCUT2D eigenvalue weighted by molar-refractivity contribution is 7.89. The van der Waals surface area contributed by atoms with E-state index in [9.17, 15) is 13.2 Å². The molecule has 3 atom stereocenters. The van der Waals surface area contributed by atoms with E-state index in [1.807, 2.05) is 0 Å². The minimum absolute atomic E-state index is 0.171. The number of sulfonamides is 1. The van der Waals surface area contributed by atoms with Crippen molar-refractivity contribution in [2.75, 3.05) is 19.6 Å². The first-order valence-electron chi connectivity index (χ1n) is 11.0. The molecule has 1 amide bonds. The third kappa shape index (κ3) is 4.08. The summed E-state index contributed by atoms with van der Waals surface area (Å²) in [5.41, 5.74) is 0.573. The van der Waals surface area contributed by atoms with Gasteiger partial charge in [0, 0.05) is 30.7 Å². The van der Waals surface area contributed by atoms with E-state index in [0.29, 0.717) is 29.1 Å². The average Bonchev–Trinajstić information content (AvgIpc) is 2.74. The van der Waals surface area contributed by atoms with E-state index in [1.54, 1.807) is 25.1 Å². The summed E-state index contributed by atoms with van der Waals surface area (Å²) >= 11 is 6.16. The van der Waals surface area contributed by atoms with Crippen LogP contribution >= 0.6 is 11.6 Å². The van der Waals surface area contributed by atoms with Crippen LogP contribution in [0.25, 0.3) is 0 Å². The molecule has 1 aliphatic carbocycles. The smallest absolute Gasteiger partial charge is 0.243 e. The molecule has 3 fully saturated rings. The summed E-state index contributed by atoms with van der Waals surface area (Å²) in [4.78, 5) is 15.8. The lowest BCUT2D eigenvalue weighted by Crippen LogP contribution is -2.54. The highest BCUT2D eigenvalue weighted by Crippen LogP contribution is 2.37. The normalized spacial score (nSPS) is 28.8. The summed E-state index contributed by atoms with van der Waals surface area (Å²) in [5, 5.41) is 0.451. The minimum atomic E-state index is -3.66. The molecular formula is C22H31ClN2O3S. The van der Waals surface area contributed by atoms with Gasteiger partial charge in [-0.3, -0.25) is 4.79 Å². The van der Waals surface area contributed by atoms with Gasteiger partial charge in [0.25, 0.3) is 0 Å². The molecule has 3 aliphatic rings. The maximum atomic E-state index is 13.4. The fourth-order valence-corrected chi connectivity index (χ4v) is 7.50. The Morgan fingerprint density at radius 1 is 1.03 bits per heavy atom. The first-order chi connectivity index (χ1) is 13.9. The predicted molar refractivity (Wildman–Crippen MR) is 114 cm³/mol.